The number of ether oxygens (including phenoxy) is 1. The molecule has 0 saturated carbocycles. The fourth-order valence-electron chi connectivity index (χ4n) is 1.95. The molecular formula is C16H24N2O3. The highest BCUT2D eigenvalue weighted by molar-refractivity contribution is 5.78. The number of carbonyl (C=O) groups excluding carboxylic acids is 2. The first-order chi connectivity index (χ1) is 10.2. The number of likely N-dealkylation sites (N-methyl/N-ethyl adjacent to an activating group) is 1. The van der Waals surface area contributed by atoms with Crippen LogP contribution in [0, 0.1) is 0 Å². The molecule has 5 heteroatoms. The Kier molecular flexibility index (Phi) is 8.12. The molecule has 1 amide bonds. The lowest BCUT2D eigenvalue weighted by atomic mass is 10.1. The third-order valence-electron chi connectivity index (χ3n) is 3.25. The van der Waals surface area contributed by atoms with Crippen LogP contribution in [0.4, 0.5) is 0 Å². The summed E-state index contributed by atoms with van der Waals surface area (Å²) in [4.78, 5) is 24.9. The van der Waals surface area contributed by atoms with E-state index in [0.29, 0.717) is 26.1 Å². The Hall–Kier alpha value is -1.88. The van der Waals surface area contributed by atoms with Crippen LogP contribution in [0.15, 0.2) is 30.3 Å². The van der Waals surface area contributed by atoms with Gasteiger partial charge in [-0.1, -0.05) is 37.3 Å². The van der Waals surface area contributed by atoms with Gasteiger partial charge in [0.1, 0.15) is 0 Å². The highest BCUT2D eigenvalue weighted by atomic mass is 16.5. The van der Waals surface area contributed by atoms with Gasteiger partial charge in [0.2, 0.25) is 5.91 Å². The Morgan fingerprint density at radius 1 is 1.24 bits per heavy atom. The minimum absolute atomic E-state index is 0.0161. The number of esters is 1. The molecule has 0 bridgehead atoms. The molecular weight excluding hydrogens is 268 g/mol. The molecule has 0 heterocycles. The van der Waals surface area contributed by atoms with Gasteiger partial charge < -0.3 is 10.1 Å². The van der Waals surface area contributed by atoms with Crippen molar-refractivity contribution in [2.24, 2.45) is 0 Å². The van der Waals surface area contributed by atoms with Gasteiger partial charge in [-0.2, -0.15) is 0 Å². The van der Waals surface area contributed by atoms with Crippen molar-refractivity contribution < 1.29 is 14.3 Å². The van der Waals surface area contributed by atoms with Crippen molar-refractivity contribution >= 4 is 11.9 Å². The Labute approximate surface area is 126 Å². The Morgan fingerprint density at radius 2 is 1.95 bits per heavy atom. The number of benzene rings is 1. The standard InChI is InChI=1S/C16H24N2O3/c1-3-18(12-10-16(20)21-2)13-15(19)17-11-9-14-7-5-4-6-8-14/h4-8H,3,9-13H2,1-2H3,(H,17,19). The quantitative estimate of drug-likeness (QED) is 0.696. The van der Waals surface area contributed by atoms with E-state index in [2.05, 4.69) is 10.1 Å². The Bertz CT molecular complexity index is 434. The maximum absolute atomic E-state index is 11.8. The van der Waals surface area contributed by atoms with Crippen molar-refractivity contribution in [1.29, 1.82) is 0 Å². The topological polar surface area (TPSA) is 58.6 Å². The third-order valence-corrected chi connectivity index (χ3v) is 3.25. The maximum atomic E-state index is 11.8. The number of nitrogens with one attached hydrogen (secondary N) is 1. The van der Waals surface area contributed by atoms with Crippen LogP contribution < -0.4 is 5.32 Å². The smallest absolute Gasteiger partial charge is 0.306 e. The molecule has 0 unspecified atom stereocenters. The number of amides is 1. The van der Waals surface area contributed by atoms with Gasteiger partial charge >= 0.3 is 5.97 Å². The fourth-order valence-corrected chi connectivity index (χ4v) is 1.95. The summed E-state index contributed by atoms with van der Waals surface area (Å²) in [5, 5.41) is 2.90. The van der Waals surface area contributed by atoms with Crippen molar-refractivity contribution in [3.05, 3.63) is 35.9 Å². The number of hydrogen-bond acceptors (Lipinski definition) is 4. The van der Waals surface area contributed by atoms with Crippen LogP contribution in [-0.2, 0) is 20.7 Å². The molecule has 0 aliphatic carbocycles. The van der Waals surface area contributed by atoms with Gasteiger partial charge in [0.15, 0.2) is 0 Å². The summed E-state index contributed by atoms with van der Waals surface area (Å²) in [5.41, 5.74) is 1.20. The van der Waals surface area contributed by atoms with Crippen molar-refractivity contribution in [3.63, 3.8) is 0 Å². The normalized spacial score (nSPS) is 10.4. The van der Waals surface area contributed by atoms with Crippen LogP contribution in [0.2, 0.25) is 0 Å². The third kappa shape index (κ3) is 7.46. The summed E-state index contributed by atoms with van der Waals surface area (Å²) in [6.07, 6.45) is 1.13. The summed E-state index contributed by atoms with van der Waals surface area (Å²) >= 11 is 0. The molecule has 1 rings (SSSR count). The highest BCUT2D eigenvalue weighted by Gasteiger charge is 2.10. The molecule has 116 valence electrons. The van der Waals surface area contributed by atoms with Gasteiger partial charge in [0, 0.05) is 13.1 Å². The molecule has 21 heavy (non-hydrogen) atoms. The fraction of sp³-hybridized carbons (Fsp3) is 0.500. The summed E-state index contributed by atoms with van der Waals surface area (Å²) < 4.78 is 4.60. The molecule has 0 atom stereocenters. The van der Waals surface area contributed by atoms with Crippen molar-refractivity contribution in [2.75, 3.05) is 33.3 Å². The van der Waals surface area contributed by atoms with E-state index < -0.39 is 0 Å². The van der Waals surface area contributed by atoms with Crippen LogP contribution in [0.1, 0.15) is 18.9 Å². The van der Waals surface area contributed by atoms with Crippen molar-refractivity contribution in [1.82, 2.24) is 10.2 Å². The second-order valence-corrected chi connectivity index (χ2v) is 4.78. The number of methoxy groups -OCH3 is 1. The van der Waals surface area contributed by atoms with E-state index in [-0.39, 0.29) is 11.9 Å². The summed E-state index contributed by atoms with van der Waals surface area (Å²) in [6, 6.07) is 10.0. The van der Waals surface area contributed by atoms with E-state index >= 15 is 0 Å². The Balaban J connectivity index is 2.23. The lowest BCUT2D eigenvalue weighted by Crippen LogP contribution is -2.38. The van der Waals surface area contributed by atoms with Gasteiger partial charge in [-0.25, -0.2) is 0 Å². The number of nitrogens with zero attached hydrogens (tertiary/aromatic N) is 1. The number of hydrogen-bond donors (Lipinski definition) is 1. The van der Waals surface area contributed by atoms with Gasteiger partial charge in [-0.3, -0.25) is 14.5 Å². The Morgan fingerprint density at radius 3 is 2.57 bits per heavy atom. The molecule has 0 aliphatic rings. The zero-order valence-corrected chi connectivity index (χ0v) is 12.8. The molecule has 0 fully saturated rings. The first-order valence-corrected chi connectivity index (χ1v) is 7.25. The average Bonchev–Trinajstić information content (AvgIpc) is 2.52. The monoisotopic (exact) mass is 292 g/mol. The average molecular weight is 292 g/mol. The van der Waals surface area contributed by atoms with E-state index in [1.807, 2.05) is 42.2 Å². The van der Waals surface area contributed by atoms with Crippen LogP contribution in [0.5, 0.6) is 0 Å². The summed E-state index contributed by atoms with van der Waals surface area (Å²) in [6.45, 7) is 4.16. The van der Waals surface area contributed by atoms with Crippen LogP contribution in [0.3, 0.4) is 0 Å². The van der Waals surface area contributed by atoms with Crippen molar-refractivity contribution in [2.45, 2.75) is 19.8 Å². The SMILES string of the molecule is CCN(CCC(=O)OC)CC(=O)NCCc1ccccc1. The largest absolute Gasteiger partial charge is 0.469 e. The second kappa shape index (κ2) is 9.94. The zero-order chi connectivity index (χ0) is 15.5. The minimum atomic E-state index is -0.252. The van der Waals surface area contributed by atoms with E-state index in [1.54, 1.807) is 0 Å². The van der Waals surface area contributed by atoms with Gasteiger partial charge in [0.05, 0.1) is 20.1 Å². The maximum Gasteiger partial charge on any atom is 0.306 e. The second-order valence-electron chi connectivity index (χ2n) is 4.78. The molecule has 0 radical (unpaired) electrons. The first-order valence-electron chi connectivity index (χ1n) is 7.25. The first kappa shape index (κ1) is 17.2. The number of rotatable bonds is 9. The van der Waals surface area contributed by atoms with Crippen molar-refractivity contribution in [3.8, 4) is 0 Å². The van der Waals surface area contributed by atoms with Crippen LogP contribution in [-0.4, -0.2) is 50.1 Å². The predicted molar refractivity (Wildman–Crippen MR) is 81.9 cm³/mol. The molecule has 1 N–H and O–H groups in total. The molecule has 1 aromatic carbocycles. The van der Waals surface area contributed by atoms with Crippen LogP contribution >= 0.6 is 0 Å². The highest BCUT2D eigenvalue weighted by Crippen LogP contribution is 1.98. The van der Waals surface area contributed by atoms with E-state index in [4.69, 9.17) is 0 Å². The van der Waals surface area contributed by atoms with E-state index in [0.717, 1.165) is 13.0 Å². The summed E-state index contributed by atoms with van der Waals surface area (Å²) in [5.74, 6) is -0.268. The zero-order valence-electron chi connectivity index (χ0n) is 12.8. The number of carbonyl (C=O) groups is 2. The molecule has 0 saturated heterocycles. The molecule has 5 nitrogen and oxygen atoms in total. The minimum Gasteiger partial charge on any atom is -0.469 e. The molecule has 1 aromatic rings. The lowest BCUT2D eigenvalue weighted by molar-refractivity contribution is -0.141. The predicted octanol–water partition coefficient (Wildman–Crippen LogP) is 1.23. The van der Waals surface area contributed by atoms with Gasteiger partial charge in [-0.05, 0) is 18.5 Å². The molecule has 0 aliphatic heterocycles. The lowest BCUT2D eigenvalue weighted by Gasteiger charge is -2.19. The van der Waals surface area contributed by atoms with E-state index in [9.17, 15) is 9.59 Å². The van der Waals surface area contributed by atoms with E-state index in [1.165, 1.54) is 12.7 Å². The molecule has 0 aromatic heterocycles. The van der Waals surface area contributed by atoms with Gasteiger partial charge in [-0.15, -0.1) is 0 Å². The van der Waals surface area contributed by atoms with Crippen LogP contribution in [0.25, 0.3) is 0 Å². The molecule has 0 spiro atoms. The summed E-state index contributed by atoms with van der Waals surface area (Å²) in [7, 11) is 1.37. The van der Waals surface area contributed by atoms with Gasteiger partial charge in [0.25, 0.3) is 0 Å².